The van der Waals surface area contributed by atoms with Gasteiger partial charge in [0.25, 0.3) is 0 Å². The van der Waals surface area contributed by atoms with E-state index in [0.29, 0.717) is 42.0 Å². The minimum atomic E-state index is -0.176. The van der Waals surface area contributed by atoms with Crippen molar-refractivity contribution in [3.8, 4) is 17.1 Å². The van der Waals surface area contributed by atoms with Crippen LogP contribution in [-0.2, 0) is 11.4 Å². The van der Waals surface area contributed by atoms with Gasteiger partial charge in [-0.25, -0.2) is 0 Å². The van der Waals surface area contributed by atoms with E-state index in [2.05, 4.69) is 10.1 Å². The third-order valence-electron chi connectivity index (χ3n) is 5.67. The molecule has 1 amide bonds. The number of rotatable bonds is 6. The molecule has 166 valence electrons. The van der Waals surface area contributed by atoms with Crippen molar-refractivity contribution in [3.05, 3.63) is 94.8 Å². The quantitative estimate of drug-likeness (QED) is 0.364. The fourth-order valence-corrected chi connectivity index (χ4v) is 4.23. The van der Waals surface area contributed by atoms with Crippen molar-refractivity contribution in [2.75, 3.05) is 11.4 Å². The average Bonchev–Trinajstić information content (AvgIpc) is 3.46. The fraction of sp³-hybridized carbons (Fsp3) is 0.192. The van der Waals surface area contributed by atoms with Gasteiger partial charge in [-0.1, -0.05) is 53.2 Å². The van der Waals surface area contributed by atoms with Gasteiger partial charge < -0.3 is 14.2 Å². The lowest BCUT2D eigenvalue weighted by Gasteiger charge is -2.18. The van der Waals surface area contributed by atoms with Crippen LogP contribution in [0.4, 0.5) is 5.69 Å². The van der Waals surface area contributed by atoms with Gasteiger partial charge in [-0.05, 0) is 54.4 Å². The molecule has 1 aliphatic heterocycles. The van der Waals surface area contributed by atoms with Gasteiger partial charge in [-0.3, -0.25) is 4.79 Å². The van der Waals surface area contributed by atoms with Crippen molar-refractivity contribution in [1.29, 1.82) is 0 Å². The van der Waals surface area contributed by atoms with E-state index in [9.17, 15) is 4.79 Å². The summed E-state index contributed by atoms with van der Waals surface area (Å²) in [6.07, 6.45) is 0.304. The molecule has 0 radical (unpaired) electrons. The standard InChI is InChI=1S/C26H22ClN3O3/c1-17-7-12-23(22(27)13-17)30-15-20(14-24(30)31)26-28-25(29-33-26)19-8-10-21(11-9-19)32-16-18-5-3-2-4-6-18/h2-13,20H,14-16H2,1H3. The molecular formula is C26H22ClN3O3. The van der Waals surface area contributed by atoms with Crippen LogP contribution in [0.5, 0.6) is 5.75 Å². The zero-order valence-electron chi connectivity index (χ0n) is 18.1. The molecule has 7 heteroatoms. The third-order valence-corrected chi connectivity index (χ3v) is 5.97. The Morgan fingerprint density at radius 2 is 1.88 bits per heavy atom. The van der Waals surface area contributed by atoms with Crippen molar-refractivity contribution >= 4 is 23.2 Å². The molecule has 0 N–H and O–H groups in total. The minimum Gasteiger partial charge on any atom is -0.489 e. The van der Waals surface area contributed by atoms with Crippen LogP contribution in [0.25, 0.3) is 11.4 Å². The van der Waals surface area contributed by atoms with Crippen molar-refractivity contribution in [2.45, 2.75) is 25.9 Å². The second-order valence-corrected chi connectivity index (χ2v) is 8.52. The number of aryl methyl sites for hydroxylation is 1. The molecule has 0 saturated carbocycles. The van der Waals surface area contributed by atoms with Crippen LogP contribution in [0, 0.1) is 6.92 Å². The molecule has 1 unspecified atom stereocenters. The zero-order chi connectivity index (χ0) is 22.8. The van der Waals surface area contributed by atoms with E-state index in [1.807, 2.05) is 79.7 Å². The maximum Gasteiger partial charge on any atom is 0.232 e. The van der Waals surface area contributed by atoms with Gasteiger partial charge in [-0.15, -0.1) is 0 Å². The Hall–Kier alpha value is -3.64. The number of carbonyl (C=O) groups is 1. The Morgan fingerprint density at radius 3 is 2.64 bits per heavy atom. The van der Waals surface area contributed by atoms with E-state index in [1.165, 1.54) is 0 Å². The molecule has 0 aliphatic carbocycles. The van der Waals surface area contributed by atoms with E-state index in [-0.39, 0.29) is 11.8 Å². The minimum absolute atomic E-state index is 0.00887. The highest BCUT2D eigenvalue weighted by Gasteiger charge is 2.36. The number of carbonyl (C=O) groups excluding carboxylic acids is 1. The number of hydrogen-bond acceptors (Lipinski definition) is 5. The van der Waals surface area contributed by atoms with Crippen LogP contribution >= 0.6 is 11.6 Å². The van der Waals surface area contributed by atoms with E-state index in [4.69, 9.17) is 20.9 Å². The molecule has 2 heterocycles. The molecule has 4 aromatic rings. The molecule has 1 saturated heterocycles. The molecule has 6 nitrogen and oxygen atoms in total. The molecule has 0 spiro atoms. The van der Waals surface area contributed by atoms with Crippen LogP contribution in [0.2, 0.25) is 5.02 Å². The number of ether oxygens (including phenoxy) is 1. The maximum atomic E-state index is 12.6. The summed E-state index contributed by atoms with van der Waals surface area (Å²) in [5.41, 5.74) is 3.68. The van der Waals surface area contributed by atoms with Crippen molar-refractivity contribution in [3.63, 3.8) is 0 Å². The van der Waals surface area contributed by atoms with Crippen molar-refractivity contribution < 1.29 is 14.1 Å². The number of nitrogens with zero attached hydrogens (tertiary/aromatic N) is 3. The number of aromatic nitrogens is 2. The summed E-state index contributed by atoms with van der Waals surface area (Å²) >= 11 is 6.37. The summed E-state index contributed by atoms with van der Waals surface area (Å²) < 4.78 is 11.4. The smallest absolute Gasteiger partial charge is 0.232 e. The average molecular weight is 460 g/mol. The summed E-state index contributed by atoms with van der Waals surface area (Å²) in [7, 11) is 0. The normalized spacial score (nSPS) is 15.8. The summed E-state index contributed by atoms with van der Waals surface area (Å²) in [5, 5.41) is 4.68. The highest BCUT2D eigenvalue weighted by Crippen LogP contribution is 2.35. The molecule has 1 atom stereocenters. The summed E-state index contributed by atoms with van der Waals surface area (Å²) in [5.74, 6) is 1.51. The molecule has 5 rings (SSSR count). The van der Waals surface area contributed by atoms with Crippen LogP contribution in [0.15, 0.2) is 77.3 Å². The van der Waals surface area contributed by atoms with Crippen LogP contribution in [-0.4, -0.2) is 22.6 Å². The van der Waals surface area contributed by atoms with Gasteiger partial charge in [0.1, 0.15) is 12.4 Å². The Labute approximate surface area is 196 Å². The first-order valence-electron chi connectivity index (χ1n) is 10.7. The predicted octanol–water partition coefficient (Wildman–Crippen LogP) is 5.80. The van der Waals surface area contributed by atoms with Gasteiger partial charge in [0, 0.05) is 18.5 Å². The second kappa shape index (κ2) is 9.08. The largest absolute Gasteiger partial charge is 0.489 e. The van der Waals surface area contributed by atoms with Crippen LogP contribution < -0.4 is 9.64 Å². The third kappa shape index (κ3) is 4.61. The summed E-state index contributed by atoms with van der Waals surface area (Å²) in [6, 6.07) is 23.2. The van der Waals surface area contributed by atoms with E-state index >= 15 is 0 Å². The van der Waals surface area contributed by atoms with Crippen LogP contribution in [0.3, 0.4) is 0 Å². The SMILES string of the molecule is Cc1ccc(N2CC(c3nc(-c4ccc(OCc5ccccc5)cc4)no3)CC2=O)c(Cl)c1. The lowest BCUT2D eigenvalue weighted by Crippen LogP contribution is -2.24. The fourth-order valence-electron chi connectivity index (χ4n) is 3.90. The molecule has 1 aromatic heterocycles. The van der Waals surface area contributed by atoms with Crippen molar-refractivity contribution in [1.82, 2.24) is 10.1 Å². The first-order valence-corrected chi connectivity index (χ1v) is 11.1. The summed E-state index contributed by atoms with van der Waals surface area (Å²) in [6.45, 7) is 2.92. The van der Waals surface area contributed by atoms with Gasteiger partial charge in [-0.2, -0.15) is 4.98 Å². The first kappa shape index (κ1) is 21.2. The van der Waals surface area contributed by atoms with E-state index in [1.54, 1.807) is 4.90 Å². The number of hydrogen-bond donors (Lipinski definition) is 0. The van der Waals surface area contributed by atoms with Crippen LogP contribution in [0.1, 0.15) is 29.4 Å². The highest BCUT2D eigenvalue weighted by atomic mass is 35.5. The predicted molar refractivity (Wildman–Crippen MR) is 126 cm³/mol. The van der Waals surface area contributed by atoms with Crippen molar-refractivity contribution in [2.24, 2.45) is 0 Å². The molecular weight excluding hydrogens is 438 g/mol. The first-order chi connectivity index (χ1) is 16.1. The molecule has 0 bridgehead atoms. The molecule has 33 heavy (non-hydrogen) atoms. The second-order valence-electron chi connectivity index (χ2n) is 8.12. The Bertz CT molecular complexity index is 1270. The monoisotopic (exact) mass is 459 g/mol. The number of amides is 1. The van der Waals surface area contributed by atoms with Gasteiger partial charge >= 0.3 is 0 Å². The molecule has 1 fully saturated rings. The van der Waals surface area contributed by atoms with E-state index in [0.717, 1.165) is 22.4 Å². The number of anilines is 1. The Morgan fingerprint density at radius 1 is 1.09 bits per heavy atom. The van der Waals surface area contributed by atoms with Gasteiger partial charge in [0.2, 0.25) is 17.6 Å². The highest BCUT2D eigenvalue weighted by molar-refractivity contribution is 6.34. The number of benzene rings is 3. The number of halogens is 1. The Balaban J connectivity index is 1.26. The van der Waals surface area contributed by atoms with E-state index < -0.39 is 0 Å². The topological polar surface area (TPSA) is 68.5 Å². The zero-order valence-corrected chi connectivity index (χ0v) is 18.8. The Kier molecular flexibility index (Phi) is 5.84. The van der Waals surface area contributed by atoms with Gasteiger partial charge in [0.15, 0.2) is 0 Å². The van der Waals surface area contributed by atoms with Gasteiger partial charge in [0.05, 0.1) is 16.6 Å². The molecule has 1 aliphatic rings. The maximum absolute atomic E-state index is 12.6. The molecule has 3 aromatic carbocycles. The summed E-state index contributed by atoms with van der Waals surface area (Å²) in [4.78, 5) is 18.9. The lowest BCUT2D eigenvalue weighted by molar-refractivity contribution is -0.117. The lowest BCUT2D eigenvalue weighted by atomic mass is 10.1.